The molecule has 2 aromatic rings. The van der Waals surface area contributed by atoms with E-state index >= 15 is 0 Å². The molecule has 152 valence electrons. The number of H-pyrrole nitrogens is 1. The fraction of sp³-hybridized carbons (Fsp3) is 0.357. The normalized spacial score (nSPS) is 10.8. The predicted octanol–water partition coefficient (Wildman–Crippen LogP) is -0.167. The average Bonchev–Trinajstić information content (AvgIpc) is 3.09. The third-order valence-electron chi connectivity index (χ3n) is 3.14. The summed E-state index contributed by atoms with van der Waals surface area (Å²) in [6.07, 6.45) is 0.817. The van der Waals surface area contributed by atoms with Crippen LogP contribution in [-0.2, 0) is 26.0 Å². The van der Waals surface area contributed by atoms with Gasteiger partial charge in [0.05, 0.1) is 39.5 Å². The molecule has 0 fully saturated rings. The van der Waals surface area contributed by atoms with E-state index in [1.165, 1.54) is 20.3 Å². The van der Waals surface area contributed by atoms with E-state index in [0.29, 0.717) is 0 Å². The summed E-state index contributed by atoms with van der Waals surface area (Å²) >= 11 is 0. The molecule has 0 aliphatic heterocycles. The zero-order chi connectivity index (χ0) is 20.7. The van der Waals surface area contributed by atoms with E-state index in [4.69, 9.17) is 14.2 Å². The average molecular weight is 414 g/mol. The van der Waals surface area contributed by atoms with Crippen LogP contribution in [0.5, 0.6) is 11.8 Å². The van der Waals surface area contributed by atoms with E-state index < -0.39 is 27.0 Å². The number of esters is 1. The number of aromatic nitrogens is 4. The molecule has 0 radical (unpaired) electrons. The smallest absolute Gasteiger partial charge is 0.335 e. The molecule has 0 atom stereocenters. The molecule has 0 aromatic carbocycles. The van der Waals surface area contributed by atoms with Crippen molar-refractivity contribution in [3.8, 4) is 11.8 Å². The monoisotopic (exact) mass is 414 g/mol. The van der Waals surface area contributed by atoms with E-state index in [1.807, 2.05) is 0 Å². The Labute approximate surface area is 159 Å². The van der Waals surface area contributed by atoms with Gasteiger partial charge in [-0.25, -0.2) is 9.52 Å². The van der Waals surface area contributed by atoms with E-state index in [1.54, 1.807) is 11.6 Å². The Balaban J connectivity index is 2.14. The van der Waals surface area contributed by atoms with Crippen molar-refractivity contribution in [2.45, 2.75) is 18.4 Å². The number of urea groups is 1. The van der Waals surface area contributed by atoms with Crippen molar-refractivity contribution in [3.63, 3.8) is 0 Å². The third-order valence-corrected chi connectivity index (χ3v) is 4.48. The Morgan fingerprint density at radius 3 is 2.39 bits per heavy atom. The lowest BCUT2D eigenvalue weighted by Crippen LogP contribution is -2.35. The first-order chi connectivity index (χ1) is 13.3. The molecule has 2 rings (SSSR count). The van der Waals surface area contributed by atoms with Crippen molar-refractivity contribution >= 4 is 28.0 Å². The van der Waals surface area contributed by atoms with E-state index in [2.05, 4.69) is 25.5 Å². The van der Waals surface area contributed by atoms with Gasteiger partial charge >= 0.3 is 12.0 Å². The molecule has 14 heteroatoms. The lowest BCUT2D eigenvalue weighted by Gasteiger charge is -2.09. The number of methoxy groups -OCH3 is 2. The first-order valence-electron chi connectivity index (χ1n) is 7.77. The standard InChI is InChI=1S/C14H18N6O7S/c1-4-27-11(21)5-8-7-15-19-12(8)28(23,24)20-14(22)18-13-16-9(25-2)6-10(17-13)26-3/h6-7H,4-5H2,1-3H3,(H,15,19)(H2,16,17,18,20,22). The number of carbonyl (C=O) groups is 2. The quantitative estimate of drug-likeness (QED) is 0.492. The summed E-state index contributed by atoms with van der Waals surface area (Å²) in [4.78, 5) is 31.3. The number of nitrogens with zero attached hydrogens (tertiary/aromatic N) is 3. The summed E-state index contributed by atoms with van der Waals surface area (Å²) in [5.41, 5.74) is 0.0399. The second-order valence-electron chi connectivity index (χ2n) is 5.04. The van der Waals surface area contributed by atoms with E-state index in [0.717, 1.165) is 6.20 Å². The molecule has 0 aliphatic carbocycles. The molecule has 0 bridgehead atoms. The van der Waals surface area contributed by atoms with Crippen molar-refractivity contribution in [2.75, 3.05) is 26.1 Å². The number of carbonyl (C=O) groups excluding carboxylic acids is 2. The maximum absolute atomic E-state index is 12.4. The predicted molar refractivity (Wildman–Crippen MR) is 93.4 cm³/mol. The Bertz CT molecular complexity index is 937. The Morgan fingerprint density at radius 1 is 1.18 bits per heavy atom. The second-order valence-corrected chi connectivity index (χ2v) is 6.66. The highest BCUT2D eigenvalue weighted by Gasteiger charge is 2.25. The van der Waals surface area contributed by atoms with Crippen molar-refractivity contribution in [1.82, 2.24) is 24.9 Å². The molecule has 3 N–H and O–H groups in total. The van der Waals surface area contributed by atoms with Gasteiger partial charge in [-0.05, 0) is 6.92 Å². The van der Waals surface area contributed by atoms with Crippen LogP contribution in [0.1, 0.15) is 12.5 Å². The van der Waals surface area contributed by atoms with Crippen LogP contribution in [0.2, 0.25) is 0 Å². The van der Waals surface area contributed by atoms with Gasteiger partial charge in [-0.15, -0.1) is 0 Å². The first kappa shape index (κ1) is 20.9. The van der Waals surface area contributed by atoms with Gasteiger partial charge in [-0.3, -0.25) is 15.2 Å². The Hall–Kier alpha value is -3.42. The molecule has 0 unspecified atom stereocenters. The van der Waals surface area contributed by atoms with Gasteiger partial charge < -0.3 is 14.2 Å². The summed E-state index contributed by atoms with van der Waals surface area (Å²) in [6, 6.07) is 0.221. The molecule has 0 aliphatic rings. The molecular weight excluding hydrogens is 396 g/mol. The van der Waals surface area contributed by atoms with E-state index in [-0.39, 0.29) is 36.3 Å². The molecular formula is C14H18N6O7S. The van der Waals surface area contributed by atoms with Gasteiger partial charge in [-0.1, -0.05) is 0 Å². The lowest BCUT2D eigenvalue weighted by atomic mass is 10.3. The van der Waals surface area contributed by atoms with Crippen molar-refractivity contribution in [2.24, 2.45) is 0 Å². The number of hydrogen-bond acceptors (Lipinski definition) is 10. The number of sulfonamides is 1. The zero-order valence-corrected chi connectivity index (χ0v) is 16.0. The van der Waals surface area contributed by atoms with Crippen LogP contribution in [0.4, 0.5) is 10.7 Å². The molecule has 2 amide bonds. The molecule has 0 saturated heterocycles. The van der Waals surface area contributed by atoms with Gasteiger partial charge in [0.15, 0.2) is 5.03 Å². The number of nitrogens with one attached hydrogen (secondary N) is 3. The van der Waals surface area contributed by atoms with Gasteiger partial charge in [0.25, 0.3) is 10.0 Å². The largest absolute Gasteiger partial charge is 0.481 e. The topological polar surface area (TPSA) is 174 Å². The Morgan fingerprint density at radius 2 is 1.82 bits per heavy atom. The highest BCUT2D eigenvalue weighted by Crippen LogP contribution is 2.17. The van der Waals surface area contributed by atoms with Gasteiger partial charge in [0.1, 0.15) is 0 Å². The summed E-state index contributed by atoms with van der Waals surface area (Å²) in [6.45, 7) is 1.76. The van der Waals surface area contributed by atoms with Gasteiger partial charge in [0, 0.05) is 5.56 Å². The lowest BCUT2D eigenvalue weighted by molar-refractivity contribution is -0.142. The van der Waals surface area contributed by atoms with E-state index in [9.17, 15) is 18.0 Å². The number of rotatable bonds is 8. The van der Waals surface area contributed by atoms with Crippen LogP contribution < -0.4 is 19.5 Å². The number of aromatic amines is 1. The summed E-state index contributed by atoms with van der Waals surface area (Å²) in [7, 11) is -1.67. The third kappa shape index (κ3) is 5.29. The maximum Gasteiger partial charge on any atom is 0.335 e. The minimum absolute atomic E-state index is 0.0399. The fourth-order valence-electron chi connectivity index (χ4n) is 1.99. The first-order valence-corrected chi connectivity index (χ1v) is 9.26. The Kier molecular flexibility index (Phi) is 6.70. The zero-order valence-electron chi connectivity index (χ0n) is 15.2. The number of amides is 2. The van der Waals surface area contributed by atoms with Crippen molar-refractivity contribution < 1.29 is 32.2 Å². The summed E-state index contributed by atoms with van der Waals surface area (Å²) in [5.74, 6) is -0.701. The van der Waals surface area contributed by atoms with Crippen LogP contribution in [0.3, 0.4) is 0 Å². The van der Waals surface area contributed by atoms with Crippen LogP contribution in [0.25, 0.3) is 0 Å². The molecule has 13 nitrogen and oxygen atoms in total. The van der Waals surface area contributed by atoms with Crippen LogP contribution in [-0.4, -0.2) is 61.4 Å². The number of hydrogen-bond donors (Lipinski definition) is 3. The molecule has 28 heavy (non-hydrogen) atoms. The van der Waals surface area contributed by atoms with Crippen molar-refractivity contribution in [3.05, 3.63) is 17.8 Å². The molecule has 0 saturated carbocycles. The van der Waals surface area contributed by atoms with Crippen molar-refractivity contribution in [1.29, 1.82) is 0 Å². The minimum Gasteiger partial charge on any atom is -0.481 e. The molecule has 2 aromatic heterocycles. The maximum atomic E-state index is 12.4. The number of ether oxygens (including phenoxy) is 3. The highest BCUT2D eigenvalue weighted by molar-refractivity contribution is 7.90. The summed E-state index contributed by atoms with van der Waals surface area (Å²) in [5, 5.41) is 7.54. The van der Waals surface area contributed by atoms with Gasteiger partial charge in [0.2, 0.25) is 17.7 Å². The number of anilines is 1. The summed E-state index contributed by atoms with van der Waals surface area (Å²) < 4.78 is 41.2. The SMILES string of the molecule is CCOC(=O)Cc1cn[nH]c1S(=O)(=O)NC(=O)Nc1nc(OC)cc(OC)n1. The molecule has 2 heterocycles. The minimum atomic E-state index is -4.36. The second kappa shape index (κ2) is 8.98. The fourth-order valence-corrected chi connectivity index (χ4v) is 3.03. The van der Waals surface area contributed by atoms with Crippen LogP contribution in [0.15, 0.2) is 17.3 Å². The van der Waals surface area contributed by atoms with Crippen LogP contribution in [0, 0.1) is 0 Å². The molecule has 0 spiro atoms. The van der Waals surface area contributed by atoms with Gasteiger partial charge in [-0.2, -0.15) is 23.5 Å². The van der Waals surface area contributed by atoms with Crippen LogP contribution >= 0.6 is 0 Å². The highest BCUT2D eigenvalue weighted by atomic mass is 32.2.